The van der Waals surface area contributed by atoms with Crippen LogP contribution in [0.3, 0.4) is 0 Å². The highest BCUT2D eigenvalue weighted by Gasteiger charge is 2.28. The molecule has 1 aromatic heterocycles. The number of ether oxygens (including phenoxy) is 1. The fourth-order valence-electron chi connectivity index (χ4n) is 3.98. The SMILES string of the molecule is CCCSc1nc(N2CCCCC2OC(=O)O)ccc1C(=O)NC1CCCCC1. The minimum absolute atomic E-state index is 0.0634. The maximum Gasteiger partial charge on any atom is 0.507 e. The van der Waals surface area contributed by atoms with Crippen molar-refractivity contribution < 1.29 is 19.4 Å². The third kappa shape index (κ3) is 6.01. The Morgan fingerprint density at radius 2 is 1.97 bits per heavy atom. The van der Waals surface area contributed by atoms with Crippen molar-refractivity contribution in [3.63, 3.8) is 0 Å². The molecule has 0 radical (unpaired) electrons. The van der Waals surface area contributed by atoms with Gasteiger partial charge in [-0.2, -0.15) is 0 Å². The molecular weight excluding hydrogens is 390 g/mol. The molecule has 7 nitrogen and oxygen atoms in total. The van der Waals surface area contributed by atoms with E-state index in [2.05, 4.69) is 12.2 Å². The number of anilines is 1. The lowest BCUT2D eigenvalue weighted by Crippen LogP contribution is -2.43. The molecule has 2 heterocycles. The summed E-state index contributed by atoms with van der Waals surface area (Å²) < 4.78 is 5.07. The highest BCUT2D eigenvalue weighted by molar-refractivity contribution is 7.99. The predicted molar refractivity (Wildman–Crippen MR) is 114 cm³/mol. The maximum atomic E-state index is 12.9. The molecule has 8 heteroatoms. The van der Waals surface area contributed by atoms with E-state index in [4.69, 9.17) is 14.8 Å². The molecule has 0 aromatic carbocycles. The van der Waals surface area contributed by atoms with E-state index in [-0.39, 0.29) is 11.9 Å². The average molecular weight is 422 g/mol. The smallest absolute Gasteiger partial charge is 0.450 e. The molecular formula is C21H31N3O4S. The summed E-state index contributed by atoms with van der Waals surface area (Å²) in [5.74, 6) is 1.48. The van der Waals surface area contributed by atoms with Crippen LogP contribution >= 0.6 is 11.8 Å². The number of hydrogen-bond donors (Lipinski definition) is 2. The number of carboxylic acid groups (broad SMARTS) is 1. The molecule has 1 amide bonds. The summed E-state index contributed by atoms with van der Waals surface area (Å²) in [7, 11) is 0. The van der Waals surface area contributed by atoms with Crippen molar-refractivity contribution in [1.82, 2.24) is 10.3 Å². The Bertz CT molecular complexity index is 709. The van der Waals surface area contributed by atoms with Gasteiger partial charge in [0, 0.05) is 19.0 Å². The number of pyridine rings is 1. The molecule has 1 aromatic rings. The lowest BCUT2D eigenvalue weighted by atomic mass is 9.95. The third-order valence-corrected chi connectivity index (χ3v) is 6.65. The van der Waals surface area contributed by atoms with E-state index >= 15 is 0 Å². The van der Waals surface area contributed by atoms with Gasteiger partial charge >= 0.3 is 6.16 Å². The lowest BCUT2D eigenvalue weighted by molar-refractivity contribution is 0.0396. The van der Waals surface area contributed by atoms with E-state index in [1.807, 2.05) is 17.0 Å². The molecule has 2 N–H and O–H groups in total. The van der Waals surface area contributed by atoms with E-state index < -0.39 is 12.4 Å². The summed E-state index contributed by atoms with van der Waals surface area (Å²) in [5.41, 5.74) is 0.602. The Labute approximate surface area is 176 Å². The fourth-order valence-corrected chi connectivity index (χ4v) is 4.86. The zero-order chi connectivity index (χ0) is 20.6. The number of amides is 1. The normalized spacial score (nSPS) is 20.3. The van der Waals surface area contributed by atoms with Crippen LogP contribution in [0.15, 0.2) is 17.2 Å². The van der Waals surface area contributed by atoms with Gasteiger partial charge in [-0.1, -0.05) is 26.2 Å². The number of thioether (sulfide) groups is 1. The van der Waals surface area contributed by atoms with Crippen molar-refractivity contribution in [3.8, 4) is 0 Å². The van der Waals surface area contributed by atoms with Gasteiger partial charge in [0.05, 0.1) is 5.56 Å². The number of piperidine rings is 1. The number of nitrogens with zero attached hydrogens (tertiary/aromatic N) is 2. The van der Waals surface area contributed by atoms with Crippen LogP contribution in [0.25, 0.3) is 0 Å². The Morgan fingerprint density at radius 1 is 1.21 bits per heavy atom. The summed E-state index contributed by atoms with van der Waals surface area (Å²) in [6.45, 7) is 2.79. The number of rotatable bonds is 7. The first-order valence-electron chi connectivity index (χ1n) is 10.7. The van der Waals surface area contributed by atoms with E-state index in [0.717, 1.165) is 37.9 Å². The molecule has 1 unspecified atom stereocenters. The standard InChI is InChI=1S/C21H31N3O4S/c1-2-14-29-20-16(19(25)22-15-8-4-3-5-9-15)11-12-17(23-20)24-13-7-6-10-18(24)28-21(26)27/h11-12,15,18H,2-10,13-14H2,1H3,(H,22,25)(H,26,27). The lowest BCUT2D eigenvalue weighted by Gasteiger charge is -2.35. The average Bonchev–Trinajstić information content (AvgIpc) is 2.72. The van der Waals surface area contributed by atoms with Crippen molar-refractivity contribution in [2.24, 2.45) is 0 Å². The Morgan fingerprint density at radius 3 is 2.69 bits per heavy atom. The molecule has 160 valence electrons. The molecule has 1 aliphatic heterocycles. The molecule has 1 aliphatic carbocycles. The number of aromatic nitrogens is 1. The highest BCUT2D eigenvalue weighted by atomic mass is 32.2. The minimum Gasteiger partial charge on any atom is -0.450 e. The summed E-state index contributed by atoms with van der Waals surface area (Å²) in [6, 6.07) is 3.88. The Kier molecular flexibility index (Phi) is 8.03. The first-order chi connectivity index (χ1) is 14.1. The summed E-state index contributed by atoms with van der Waals surface area (Å²) in [5, 5.41) is 12.9. The van der Waals surface area contributed by atoms with Gasteiger partial charge in [0.15, 0.2) is 6.23 Å². The van der Waals surface area contributed by atoms with Gasteiger partial charge < -0.3 is 20.1 Å². The molecule has 0 spiro atoms. The molecule has 1 saturated carbocycles. The second kappa shape index (κ2) is 10.7. The maximum absolute atomic E-state index is 12.9. The molecule has 3 rings (SSSR count). The summed E-state index contributed by atoms with van der Waals surface area (Å²) in [4.78, 5) is 30.6. The molecule has 1 saturated heterocycles. The largest absolute Gasteiger partial charge is 0.507 e. The van der Waals surface area contributed by atoms with Crippen molar-refractivity contribution in [2.75, 3.05) is 17.2 Å². The van der Waals surface area contributed by atoms with Gasteiger partial charge in [0.2, 0.25) is 0 Å². The number of carbonyl (C=O) groups is 2. The van der Waals surface area contributed by atoms with Crippen LogP contribution in [0.2, 0.25) is 0 Å². The van der Waals surface area contributed by atoms with Gasteiger partial charge in [-0.05, 0) is 50.0 Å². The minimum atomic E-state index is -1.27. The number of hydrogen-bond acceptors (Lipinski definition) is 6. The quantitative estimate of drug-likeness (QED) is 0.489. The number of nitrogens with one attached hydrogen (secondary N) is 1. The second-order valence-electron chi connectivity index (χ2n) is 7.71. The third-order valence-electron chi connectivity index (χ3n) is 5.45. The van der Waals surface area contributed by atoms with Crippen LogP contribution in [-0.4, -0.2) is 46.7 Å². The van der Waals surface area contributed by atoms with Crippen molar-refractivity contribution >= 4 is 29.6 Å². The summed E-state index contributed by atoms with van der Waals surface area (Å²) >= 11 is 1.57. The van der Waals surface area contributed by atoms with Crippen LogP contribution in [0.4, 0.5) is 10.6 Å². The topological polar surface area (TPSA) is 91.8 Å². The van der Waals surface area contributed by atoms with Gasteiger partial charge in [-0.15, -0.1) is 11.8 Å². The number of carbonyl (C=O) groups excluding carboxylic acids is 1. The van der Waals surface area contributed by atoms with Crippen molar-refractivity contribution in [1.29, 1.82) is 0 Å². The monoisotopic (exact) mass is 421 g/mol. The van der Waals surface area contributed by atoms with E-state index in [9.17, 15) is 9.59 Å². The molecule has 2 fully saturated rings. The van der Waals surface area contributed by atoms with Crippen molar-refractivity contribution in [2.45, 2.75) is 82.0 Å². The first-order valence-corrected chi connectivity index (χ1v) is 11.7. The van der Waals surface area contributed by atoms with Crippen LogP contribution < -0.4 is 10.2 Å². The highest BCUT2D eigenvalue weighted by Crippen LogP contribution is 2.29. The fraction of sp³-hybridized carbons (Fsp3) is 0.667. The predicted octanol–water partition coefficient (Wildman–Crippen LogP) is 4.66. The first kappa shape index (κ1) is 21.7. The van der Waals surface area contributed by atoms with Gasteiger partial charge in [-0.25, -0.2) is 9.78 Å². The van der Waals surface area contributed by atoms with Crippen LogP contribution in [0.1, 0.15) is 75.1 Å². The van der Waals surface area contributed by atoms with Crippen LogP contribution in [0, 0.1) is 0 Å². The van der Waals surface area contributed by atoms with E-state index in [0.29, 0.717) is 29.4 Å². The van der Waals surface area contributed by atoms with E-state index in [1.165, 1.54) is 19.3 Å². The van der Waals surface area contributed by atoms with Gasteiger partial charge in [0.25, 0.3) is 5.91 Å². The molecule has 2 aliphatic rings. The summed E-state index contributed by atoms with van der Waals surface area (Å²) in [6.07, 6.45) is 7.37. The molecule has 29 heavy (non-hydrogen) atoms. The van der Waals surface area contributed by atoms with Gasteiger partial charge in [-0.3, -0.25) is 4.79 Å². The molecule has 1 atom stereocenters. The van der Waals surface area contributed by atoms with Crippen LogP contribution in [0.5, 0.6) is 0 Å². The molecule has 0 bridgehead atoms. The van der Waals surface area contributed by atoms with Crippen LogP contribution in [-0.2, 0) is 4.74 Å². The Hall–Kier alpha value is -1.96. The Balaban J connectivity index is 1.80. The second-order valence-corrected chi connectivity index (χ2v) is 8.79. The zero-order valence-electron chi connectivity index (χ0n) is 17.1. The zero-order valence-corrected chi connectivity index (χ0v) is 17.9. The van der Waals surface area contributed by atoms with Gasteiger partial charge in [0.1, 0.15) is 10.8 Å². The van der Waals surface area contributed by atoms with E-state index in [1.54, 1.807) is 11.8 Å². The van der Waals surface area contributed by atoms with Crippen molar-refractivity contribution in [3.05, 3.63) is 17.7 Å².